The molecule has 1 atom stereocenters. The van der Waals surface area contributed by atoms with E-state index in [4.69, 9.17) is 4.74 Å². The molecule has 1 aliphatic carbocycles. The van der Waals surface area contributed by atoms with Crippen molar-refractivity contribution in [3.05, 3.63) is 63.1 Å². The average molecular weight is 416 g/mol. The van der Waals surface area contributed by atoms with Gasteiger partial charge in [0, 0.05) is 0 Å². The van der Waals surface area contributed by atoms with Gasteiger partial charge in [-0.05, 0) is 89.3 Å². The predicted molar refractivity (Wildman–Crippen MR) is 109 cm³/mol. The Morgan fingerprint density at radius 3 is 2.65 bits per heavy atom. The van der Waals surface area contributed by atoms with Crippen LogP contribution in [-0.2, 0) is 24.1 Å². The van der Waals surface area contributed by atoms with Crippen LogP contribution in [0.4, 0.5) is 0 Å². The molecule has 3 nitrogen and oxygen atoms in total. The zero-order valence-corrected chi connectivity index (χ0v) is 17.1. The van der Waals surface area contributed by atoms with Crippen molar-refractivity contribution in [1.82, 2.24) is 5.32 Å². The SMILES string of the molecule is CCc1ccc(OCC(=O)NC(C)c2ccc3c(c2)CCCC3)c(Br)c1. The molecular formula is C22H26BrNO2. The first-order valence-corrected chi connectivity index (χ1v) is 10.2. The quantitative estimate of drug-likeness (QED) is 0.708. The summed E-state index contributed by atoms with van der Waals surface area (Å²) in [7, 11) is 0. The van der Waals surface area contributed by atoms with E-state index in [1.807, 2.05) is 25.1 Å². The van der Waals surface area contributed by atoms with E-state index in [0.29, 0.717) is 5.75 Å². The molecule has 4 heteroatoms. The van der Waals surface area contributed by atoms with Gasteiger partial charge in [-0.15, -0.1) is 0 Å². The molecule has 2 aromatic rings. The minimum Gasteiger partial charge on any atom is -0.483 e. The van der Waals surface area contributed by atoms with Crippen molar-refractivity contribution >= 4 is 21.8 Å². The third-order valence-electron chi connectivity index (χ3n) is 5.01. The van der Waals surface area contributed by atoms with Crippen LogP contribution in [0.1, 0.15) is 55.0 Å². The number of aryl methyl sites for hydroxylation is 3. The van der Waals surface area contributed by atoms with Crippen molar-refractivity contribution in [2.75, 3.05) is 6.61 Å². The molecule has 1 aliphatic rings. The van der Waals surface area contributed by atoms with Gasteiger partial charge in [-0.3, -0.25) is 4.79 Å². The summed E-state index contributed by atoms with van der Waals surface area (Å²) in [5, 5.41) is 3.04. The van der Waals surface area contributed by atoms with Crippen LogP contribution in [0.5, 0.6) is 5.75 Å². The van der Waals surface area contributed by atoms with Gasteiger partial charge in [0.05, 0.1) is 10.5 Å². The molecule has 1 amide bonds. The molecule has 0 aromatic heterocycles. The second-order valence-corrected chi connectivity index (χ2v) is 7.79. The summed E-state index contributed by atoms with van der Waals surface area (Å²) >= 11 is 3.50. The highest BCUT2D eigenvalue weighted by Crippen LogP contribution is 2.27. The molecule has 0 heterocycles. The van der Waals surface area contributed by atoms with Gasteiger partial charge in [-0.2, -0.15) is 0 Å². The minimum atomic E-state index is -0.110. The molecule has 0 fully saturated rings. The Morgan fingerprint density at radius 2 is 1.92 bits per heavy atom. The van der Waals surface area contributed by atoms with Crippen LogP contribution in [0.15, 0.2) is 40.9 Å². The molecule has 0 saturated carbocycles. The predicted octanol–water partition coefficient (Wildman–Crippen LogP) is 5.15. The largest absolute Gasteiger partial charge is 0.483 e. The van der Waals surface area contributed by atoms with Crippen molar-refractivity contribution in [1.29, 1.82) is 0 Å². The second kappa shape index (κ2) is 8.72. The topological polar surface area (TPSA) is 38.3 Å². The number of ether oxygens (including phenoxy) is 1. The molecule has 0 aliphatic heterocycles. The Kier molecular flexibility index (Phi) is 6.36. The van der Waals surface area contributed by atoms with Crippen LogP contribution in [0.25, 0.3) is 0 Å². The molecule has 26 heavy (non-hydrogen) atoms. The minimum absolute atomic E-state index is 0.0132. The summed E-state index contributed by atoms with van der Waals surface area (Å²) in [5.41, 5.74) is 5.29. The zero-order valence-electron chi connectivity index (χ0n) is 15.5. The standard InChI is InChI=1S/C22H26BrNO2/c1-3-16-8-11-21(20(23)12-16)26-14-22(25)24-15(2)18-10-9-17-6-4-5-7-19(17)13-18/h8-13,15H,3-7,14H2,1-2H3,(H,24,25). The van der Waals surface area contributed by atoms with Gasteiger partial charge in [0.15, 0.2) is 6.61 Å². The summed E-state index contributed by atoms with van der Waals surface area (Å²) in [6.45, 7) is 4.14. The molecule has 0 radical (unpaired) electrons. The lowest BCUT2D eigenvalue weighted by Crippen LogP contribution is -2.31. The van der Waals surface area contributed by atoms with E-state index in [1.54, 1.807) is 0 Å². The van der Waals surface area contributed by atoms with Gasteiger partial charge in [-0.1, -0.05) is 31.2 Å². The highest BCUT2D eigenvalue weighted by Gasteiger charge is 2.14. The summed E-state index contributed by atoms with van der Waals surface area (Å²) in [6.07, 6.45) is 5.84. The van der Waals surface area contributed by atoms with Crippen LogP contribution < -0.4 is 10.1 Å². The second-order valence-electron chi connectivity index (χ2n) is 6.93. The number of carbonyl (C=O) groups excluding carboxylic acids is 1. The van der Waals surface area contributed by atoms with E-state index >= 15 is 0 Å². The van der Waals surface area contributed by atoms with Crippen molar-refractivity contribution in [3.63, 3.8) is 0 Å². The molecule has 1 N–H and O–H groups in total. The highest BCUT2D eigenvalue weighted by molar-refractivity contribution is 9.10. The summed E-state index contributed by atoms with van der Waals surface area (Å²) in [6, 6.07) is 12.5. The molecule has 0 saturated heterocycles. The van der Waals surface area contributed by atoms with E-state index < -0.39 is 0 Å². The normalized spacial score (nSPS) is 14.4. The van der Waals surface area contributed by atoms with Crippen molar-refractivity contribution < 1.29 is 9.53 Å². The molecule has 1 unspecified atom stereocenters. The number of carbonyl (C=O) groups is 1. The summed E-state index contributed by atoms with van der Waals surface area (Å²) in [4.78, 5) is 12.3. The number of amides is 1. The van der Waals surface area contributed by atoms with Crippen molar-refractivity contribution in [2.45, 2.75) is 52.0 Å². The lowest BCUT2D eigenvalue weighted by Gasteiger charge is -2.20. The Morgan fingerprint density at radius 1 is 1.15 bits per heavy atom. The van der Waals surface area contributed by atoms with Crippen LogP contribution in [-0.4, -0.2) is 12.5 Å². The maximum absolute atomic E-state index is 12.3. The first-order chi connectivity index (χ1) is 12.6. The highest BCUT2D eigenvalue weighted by atomic mass is 79.9. The number of nitrogens with one attached hydrogen (secondary N) is 1. The smallest absolute Gasteiger partial charge is 0.258 e. The number of hydrogen-bond acceptors (Lipinski definition) is 2. The fourth-order valence-corrected chi connectivity index (χ4v) is 3.95. The maximum atomic E-state index is 12.3. The fourth-order valence-electron chi connectivity index (χ4n) is 3.41. The van der Waals surface area contributed by atoms with Crippen LogP contribution in [0.2, 0.25) is 0 Å². The van der Waals surface area contributed by atoms with Crippen molar-refractivity contribution in [2.24, 2.45) is 0 Å². The summed E-state index contributed by atoms with van der Waals surface area (Å²) < 4.78 is 6.55. The molecule has 3 rings (SSSR count). The van der Waals surface area contributed by atoms with Gasteiger partial charge in [-0.25, -0.2) is 0 Å². The lowest BCUT2D eigenvalue weighted by molar-refractivity contribution is -0.123. The zero-order chi connectivity index (χ0) is 18.5. The van der Waals surface area contributed by atoms with Gasteiger partial charge >= 0.3 is 0 Å². The van der Waals surface area contributed by atoms with Crippen LogP contribution in [0, 0.1) is 0 Å². The van der Waals surface area contributed by atoms with E-state index in [2.05, 4.69) is 46.4 Å². The Bertz CT molecular complexity index is 788. The first kappa shape index (κ1) is 19.0. The fraction of sp³-hybridized carbons (Fsp3) is 0.409. The van der Waals surface area contributed by atoms with Gasteiger partial charge < -0.3 is 10.1 Å². The van der Waals surface area contributed by atoms with Crippen LogP contribution >= 0.6 is 15.9 Å². The third kappa shape index (κ3) is 4.67. The molecule has 0 spiro atoms. The average Bonchev–Trinajstić information content (AvgIpc) is 2.66. The third-order valence-corrected chi connectivity index (χ3v) is 5.63. The monoisotopic (exact) mass is 415 g/mol. The first-order valence-electron chi connectivity index (χ1n) is 9.39. The molecular weight excluding hydrogens is 390 g/mol. The van der Waals surface area contributed by atoms with E-state index in [-0.39, 0.29) is 18.6 Å². The van der Waals surface area contributed by atoms with E-state index in [9.17, 15) is 4.79 Å². The lowest BCUT2D eigenvalue weighted by atomic mass is 9.89. The number of rotatable bonds is 6. The van der Waals surface area contributed by atoms with Gasteiger partial charge in [0.2, 0.25) is 0 Å². The summed E-state index contributed by atoms with van der Waals surface area (Å²) in [5.74, 6) is 0.584. The number of benzene rings is 2. The number of fused-ring (bicyclic) bond motifs is 1. The number of hydrogen-bond donors (Lipinski definition) is 1. The van der Waals surface area contributed by atoms with Crippen LogP contribution in [0.3, 0.4) is 0 Å². The van der Waals surface area contributed by atoms with Gasteiger partial charge in [0.1, 0.15) is 5.75 Å². The van der Waals surface area contributed by atoms with Crippen molar-refractivity contribution in [3.8, 4) is 5.75 Å². The Balaban J connectivity index is 1.56. The molecule has 2 aromatic carbocycles. The number of halogens is 1. The van der Waals surface area contributed by atoms with Gasteiger partial charge in [0.25, 0.3) is 5.91 Å². The van der Waals surface area contributed by atoms with E-state index in [0.717, 1.165) is 22.9 Å². The molecule has 138 valence electrons. The van der Waals surface area contributed by atoms with E-state index in [1.165, 1.54) is 36.0 Å². The Labute approximate surface area is 164 Å². The Hall–Kier alpha value is -1.81. The maximum Gasteiger partial charge on any atom is 0.258 e. The molecule has 0 bridgehead atoms.